The van der Waals surface area contributed by atoms with Crippen molar-refractivity contribution in [2.45, 2.75) is 10.6 Å². The van der Waals surface area contributed by atoms with E-state index in [1.807, 2.05) is 0 Å². The van der Waals surface area contributed by atoms with Crippen molar-refractivity contribution < 1.29 is 17.9 Å². The standard InChI is InChI=1S/C15H13ClO4S/c1-20-15(17)12-4-2-3-11(9-12)10-21(18,19)14-7-5-13(16)6-8-14/h2-9H,10H2,1H3. The Labute approximate surface area is 128 Å². The van der Waals surface area contributed by atoms with Crippen molar-refractivity contribution in [2.75, 3.05) is 7.11 Å². The molecule has 0 aliphatic carbocycles. The van der Waals surface area contributed by atoms with Crippen LogP contribution in [-0.2, 0) is 20.3 Å². The van der Waals surface area contributed by atoms with Crippen LogP contribution in [0.15, 0.2) is 53.4 Å². The fraction of sp³-hybridized carbons (Fsp3) is 0.133. The van der Waals surface area contributed by atoms with Crippen LogP contribution < -0.4 is 0 Å². The lowest BCUT2D eigenvalue weighted by molar-refractivity contribution is 0.0600. The van der Waals surface area contributed by atoms with Gasteiger partial charge in [-0.1, -0.05) is 23.7 Å². The van der Waals surface area contributed by atoms with Crippen LogP contribution >= 0.6 is 11.6 Å². The van der Waals surface area contributed by atoms with E-state index in [-0.39, 0.29) is 10.6 Å². The maximum absolute atomic E-state index is 12.3. The van der Waals surface area contributed by atoms with E-state index in [0.717, 1.165) is 0 Å². The smallest absolute Gasteiger partial charge is 0.337 e. The van der Waals surface area contributed by atoms with Crippen LogP contribution in [0.25, 0.3) is 0 Å². The first-order valence-corrected chi connectivity index (χ1v) is 8.11. The van der Waals surface area contributed by atoms with Gasteiger partial charge in [0.2, 0.25) is 0 Å². The molecule has 2 aromatic rings. The molecule has 110 valence electrons. The zero-order valence-corrected chi connectivity index (χ0v) is 12.8. The van der Waals surface area contributed by atoms with E-state index in [9.17, 15) is 13.2 Å². The van der Waals surface area contributed by atoms with E-state index >= 15 is 0 Å². The number of esters is 1. The molecule has 0 spiro atoms. The highest BCUT2D eigenvalue weighted by Gasteiger charge is 2.16. The van der Waals surface area contributed by atoms with Crippen LogP contribution in [-0.4, -0.2) is 21.5 Å². The van der Waals surface area contributed by atoms with Crippen molar-refractivity contribution in [3.05, 3.63) is 64.7 Å². The number of carbonyl (C=O) groups excluding carboxylic acids is 1. The monoisotopic (exact) mass is 324 g/mol. The number of methoxy groups -OCH3 is 1. The topological polar surface area (TPSA) is 60.4 Å². The molecule has 0 bridgehead atoms. The Morgan fingerprint density at radius 2 is 1.81 bits per heavy atom. The summed E-state index contributed by atoms with van der Waals surface area (Å²) in [4.78, 5) is 11.6. The predicted octanol–water partition coefficient (Wildman–Crippen LogP) is 3.10. The van der Waals surface area contributed by atoms with Gasteiger partial charge in [-0.3, -0.25) is 0 Å². The van der Waals surface area contributed by atoms with Crippen LogP contribution in [0.1, 0.15) is 15.9 Å². The summed E-state index contributed by atoms with van der Waals surface area (Å²) < 4.78 is 29.2. The first kappa shape index (κ1) is 15.5. The van der Waals surface area contributed by atoms with Gasteiger partial charge in [-0.15, -0.1) is 0 Å². The quantitative estimate of drug-likeness (QED) is 0.811. The Morgan fingerprint density at radius 3 is 2.43 bits per heavy atom. The molecule has 0 heterocycles. The first-order valence-electron chi connectivity index (χ1n) is 6.08. The molecule has 21 heavy (non-hydrogen) atoms. The van der Waals surface area contributed by atoms with E-state index in [4.69, 9.17) is 11.6 Å². The average molecular weight is 325 g/mol. The lowest BCUT2D eigenvalue weighted by atomic mass is 10.1. The zero-order valence-electron chi connectivity index (χ0n) is 11.2. The average Bonchev–Trinajstić information content (AvgIpc) is 2.46. The third-order valence-corrected chi connectivity index (χ3v) is 4.83. The molecule has 0 aliphatic rings. The van der Waals surface area contributed by atoms with Crippen molar-refractivity contribution >= 4 is 27.4 Å². The summed E-state index contributed by atoms with van der Waals surface area (Å²) in [7, 11) is -2.21. The van der Waals surface area contributed by atoms with Crippen molar-refractivity contribution in [1.29, 1.82) is 0 Å². The highest BCUT2D eigenvalue weighted by Crippen LogP contribution is 2.19. The molecule has 0 amide bonds. The van der Waals surface area contributed by atoms with E-state index in [1.165, 1.54) is 37.4 Å². The minimum atomic E-state index is -3.49. The number of halogens is 1. The summed E-state index contributed by atoms with van der Waals surface area (Å²) in [6.07, 6.45) is 0. The SMILES string of the molecule is COC(=O)c1cccc(CS(=O)(=O)c2ccc(Cl)cc2)c1. The molecule has 0 aliphatic heterocycles. The maximum atomic E-state index is 12.3. The second kappa shape index (κ2) is 6.28. The van der Waals surface area contributed by atoms with Crippen molar-refractivity contribution in [3.63, 3.8) is 0 Å². The summed E-state index contributed by atoms with van der Waals surface area (Å²) in [6, 6.07) is 12.3. The number of hydrogen-bond acceptors (Lipinski definition) is 4. The van der Waals surface area contributed by atoms with Crippen molar-refractivity contribution in [2.24, 2.45) is 0 Å². The third kappa shape index (κ3) is 3.83. The highest BCUT2D eigenvalue weighted by atomic mass is 35.5. The lowest BCUT2D eigenvalue weighted by Crippen LogP contribution is -2.07. The summed E-state index contributed by atoms with van der Waals surface area (Å²) in [6.45, 7) is 0. The minimum Gasteiger partial charge on any atom is -0.465 e. The van der Waals surface area contributed by atoms with Gasteiger partial charge in [-0.2, -0.15) is 0 Å². The Kier molecular flexibility index (Phi) is 4.65. The Morgan fingerprint density at radius 1 is 1.14 bits per heavy atom. The molecule has 0 unspecified atom stereocenters. The molecule has 0 aromatic heterocycles. The number of rotatable bonds is 4. The van der Waals surface area contributed by atoms with Gasteiger partial charge in [0.15, 0.2) is 9.84 Å². The van der Waals surface area contributed by atoms with E-state index in [1.54, 1.807) is 18.2 Å². The minimum absolute atomic E-state index is 0.190. The van der Waals surface area contributed by atoms with Gasteiger partial charge >= 0.3 is 5.97 Å². The normalized spacial score (nSPS) is 11.1. The molecule has 4 nitrogen and oxygen atoms in total. The van der Waals surface area contributed by atoms with Crippen LogP contribution in [0.5, 0.6) is 0 Å². The summed E-state index contributed by atoms with van der Waals surface area (Å²) in [5.41, 5.74) is 0.842. The Balaban J connectivity index is 2.28. The largest absolute Gasteiger partial charge is 0.465 e. The van der Waals surface area contributed by atoms with Crippen LogP contribution in [0.4, 0.5) is 0 Å². The van der Waals surface area contributed by atoms with Gasteiger partial charge in [-0.05, 0) is 42.0 Å². The maximum Gasteiger partial charge on any atom is 0.337 e. The molecule has 0 atom stereocenters. The van der Waals surface area contributed by atoms with E-state index < -0.39 is 15.8 Å². The van der Waals surface area contributed by atoms with Gasteiger partial charge in [0, 0.05) is 5.02 Å². The second-order valence-corrected chi connectivity index (χ2v) is 6.83. The molecular weight excluding hydrogens is 312 g/mol. The number of hydrogen-bond donors (Lipinski definition) is 0. The predicted molar refractivity (Wildman–Crippen MR) is 80.1 cm³/mol. The van der Waals surface area contributed by atoms with E-state index in [2.05, 4.69) is 4.74 Å². The Bertz CT molecular complexity index is 751. The molecule has 6 heteroatoms. The molecule has 2 aromatic carbocycles. The fourth-order valence-electron chi connectivity index (χ4n) is 1.85. The van der Waals surface area contributed by atoms with Gasteiger partial charge < -0.3 is 4.74 Å². The van der Waals surface area contributed by atoms with Crippen molar-refractivity contribution in [3.8, 4) is 0 Å². The Hall–Kier alpha value is -1.85. The first-order chi connectivity index (χ1) is 9.92. The molecule has 0 N–H and O–H groups in total. The summed E-state index contributed by atoms with van der Waals surface area (Å²) in [5.74, 6) is -0.694. The van der Waals surface area contributed by atoms with Crippen LogP contribution in [0.3, 0.4) is 0 Å². The number of ether oxygens (including phenoxy) is 1. The number of sulfone groups is 1. The summed E-state index contributed by atoms with van der Waals surface area (Å²) >= 11 is 5.75. The summed E-state index contributed by atoms with van der Waals surface area (Å²) in [5, 5.41) is 0.474. The molecule has 0 radical (unpaired) electrons. The molecule has 0 fully saturated rings. The lowest BCUT2D eigenvalue weighted by Gasteiger charge is -2.06. The van der Waals surface area contributed by atoms with Gasteiger partial charge in [0.25, 0.3) is 0 Å². The van der Waals surface area contributed by atoms with Crippen LogP contribution in [0.2, 0.25) is 5.02 Å². The highest BCUT2D eigenvalue weighted by molar-refractivity contribution is 7.90. The van der Waals surface area contributed by atoms with Gasteiger partial charge in [0.1, 0.15) is 0 Å². The number of carbonyl (C=O) groups is 1. The van der Waals surface area contributed by atoms with Crippen molar-refractivity contribution in [1.82, 2.24) is 0 Å². The van der Waals surface area contributed by atoms with Gasteiger partial charge in [-0.25, -0.2) is 13.2 Å². The van der Waals surface area contributed by atoms with E-state index in [0.29, 0.717) is 16.1 Å². The molecule has 0 saturated carbocycles. The molecule has 0 saturated heterocycles. The third-order valence-electron chi connectivity index (χ3n) is 2.88. The molecule has 2 rings (SSSR count). The zero-order chi connectivity index (χ0) is 15.5. The number of benzene rings is 2. The van der Waals surface area contributed by atoms with Crippen LogP contribution in [0, 0.1) is 0 Å². The molecular formula is C15H13ClO4S. The fourth-order valence-corrected chi connectivity index (χ4v) is 3.31. The van der Waals surface area contributed by atoms with Gasteiger partial charge in [0.05, 0.1) is 23.3 Å². The second-order valence-electron chi connectivity index (χ2n) is 4.40.